The molecule has 4 aromatic rings. The molecule has 28 heavy (non-hydrogen) atoms. The van der Waals surface area contributed by atoms with Crippen LogP contribution in [0.25, 0.3) is 11.4 Å². The number of hydrogen-bond acceptors (Lipinski definition) is 4. The number of thiazole rings is 1. The van der Waals surface area contributed by atoms with Gasteiger partial charge in [-0.15, -0.1) is 11.3 Å². The van der Waals surface area contributed by atoms with Gasteiger partial charge in [-0.25, -0.2) is 4.98 Å². The molecule has 3 aromatic heterocycles. The van der Waals surface area contributed by atoms with Gasteiger partial charge in [0.25, 0.3) is 5.91 Å². The number of nitrogens with one attached hydrogen (secondary N) is 1. The quantitative estimate of drug-likeness (QED) is 0.528. The van der Waals surface area contributed by atoms with Gasteiger partial charge >= 0.3 is 0 Å². The minimum absolute atomic E-state index is 0.144. The Morgan fingerprint density at radius 1 is 1.07 bits per heavy atom. The minimum atomic E-state index is -0.144. The first-order valence-corrected chi connectivity index (χ1v) is 9.89. The van der Waals surface area contributed by atoms with Crippen LogP contribution < -0.4 is 5.32 Å². The van der Waals surface area contributed by atoms with Gasteiger partial charge in [0.1, 0.15) is 5.69 Å². The van der Waals surface area contributed by atoms with Gasteiger partial charge in [0, 0.05) is 29.5 Å². The molecule has 140 valence electrons. The fourth-order valence-corrected chi connectivity index (χ4v) is 3.87. The highest BCUT2D eigenvalue weighted by Crippen LogP contribution is 2.24. The van der Waals surface area contributed by atoms with Crippen molar-refractivity contribution in [2.45, 2.75) is 20.4 Å². The predicted molar refractivity (Wildman–Crippen MR) is 113 cm³/mol. The Kier molecular flexibility index (Phi) is 5.04. The second kappa shape index (κ2) is 7.78. The van der Waals surface area contributed by atoms with Gasteiger partial charge in [-0.2, -0.15) is 0 Å². The molecule has 1 N–H and O–H groups in total. The smallest absolute Gasteiger partial charge is 0.259 e. The molecule has 0 saturated heterocycles. The number of aryl methyl sites for hydroxylation is 1. The molecule has 5 nitrogen and oxygen atoms in total. The molecule has 0 fully saturated rings. The Morgan fingerprint density at radius 2 is 1.86 bits per heavy atom. The lowest BCUT2D eigenvalue weighted by Crippen LogP contribution is -2.13. The number of aromatic nitrogens is 3. The van der Waals surface area contributed by atoms with Crippen LogP contribution in [-0.4, -0.2) is 20.4 Å². The van der Waals surface area contributed by atoms with E-state index >= 15 is 0 Å². The molecule has 0 aliphatic carbocycles. The zero-order chi connectivity index (χ0) is 19.5. The summed E-state index contributed by atoms with van der Waals surface area (Å²) in [7, 11) is 0. The summed E-state index contributed by atoms with van der Waals surface area (Å²) in [5.74, 6) is -0.144. The van der Waals surface area contributed by atoms with Crippen LogP contribution in [0.15, 0.2) is 66.2 Å². The van der Waals surface area contributed by atoms with Crippen molar-refractivity contribution in [1.29, 1.82) is 0 Å². The second-order valence-corrected chi connectivity index (χ2v) is 7.42. The Bertz CT molecular complexity index is 1100. The Balaban J connectivity index is 1.53. The van der Waals surface area contributed by atoms with Crippen molar-refractivity contribution in [2.75, 3.05) is 5.32 Å². The SMILES string of the molecule is Cc1cc(C(=O)Nc2nc(-c3ccccn3)cs2)c(C)n1Cc1ccccc1. The van der Waals surface area contributed by atoms with Crippen molar-refractivity contribution in [3.8, 4) is 11.4 Å². The molecule has 0 saturated carbocycles. The van der Waals surface area contributed by atoms with Crippen molar-refractivity contribution in [2.24, 2.45) is 0 Å². The third kappa shape index (κ3) is 3.73. The van der Waals surface area contributed by atoms with Crippen LogP contribution in [0.4, 0.5) is 5.13 Å². The molecule has 0 atom stereocenters. The van der Waals surface area contributed by atoms with Crippen LogP contribution in [0.3, 0.4) is 0 Å². The molecule has 1 amide bonds. The maximum Gasteiger partial charge on any atom is 0.259 e. The normalized spacial score (nSPS) is 10.8. The Hall–Kier alpha value is -3.25. The van der Waals surface area contributed by atoms with Gasteiger partial charge < -0.3 is 4.57 Å². The van der Waals surface area contributed by atoms with Crippen LogP contribution in [-0.2, 0) is 6.54 Å². The van der Waals surface area contributed by atoms with E-state index in [1.54, 1.807) is 6.20 Å². The third-order valence-corrected chi connectivity index (χ3v) is 5.41. The van der Waals surface area contributed by atoms with E-state index in [0.29, 0.717) is 10.7 Å². The summed E-state index contributed by atoms with van der Waals surface area (Å²) >= 11 is 1.40. The largest absolute Gasteiger partial charge is 0.344 e. The first-order chi connectivity index (χ1) is 13.6. The number of anilines is 1. The van der Waals surface area contributed by atoms with E-state index in [1.165, 1.54) is 16.9 Å². The summed E-state index contributed by atoms with van der Waals surface area (Å²) in [5.41, 5.74) is 5.43. The average Bonchev–Trinajstić information content (AvgIpc) is 3.29. The number of benzene rings is 1. The van der Waals surface area contributed by atoms with Crippen LogP contribution >= 0.6 is 11.3 Å². The summed E-state index contributed by atoms with van der Waals surface area (Å²) in [5, 5.41) is 5.39. The number of amides is 1. The Labute approximate surface area is 167 Å². The Morgan fingerprint density at radius 3 is 2.61 bits per heavy atom. The van der Waals surface area contributed by atoms with E-state index in [9.17, 15) is 4.79 Å². The fourth-order valence-electron chi connectivity index (χ4n) is 3.17. The summed E-state index contributed by atoms with van der Waals surface area (Å²) in [6.07, 6.45) is 1.73. The number of carbonyl (C=O) groups excluding carboxylic acids is 1. The number of pyridine rings is 1. The van der Waals surface area contributed by atoms with Crippen molar-refractivity contribution in [1.82, 2.24) is 14.5 Å². The number of nitrogens with zero attached hydrogens (tertiary/aromatic N) is 3. The first kappa shape index (κ1) is 18.1. The fraction of sp³-hybridized carbons (Fsp3) is 0.136. The summed E-state index contributed by atoms with van der Waals surface area (Å²) in [6, 6.07) is 17.9. The third-order valence-electron chi connectivity index (χ3n) is 4.65. The van der Waals surface area contributed by atoms with E-state index in [1.807, 2.05) is 61.7 Å². The summed E-state index contributed by atoms with van der Waals surface area (Å²) in [4.78, 5) is 21.6. The highest BCUT2D eigenvalue weighted by molar-refractivity contribution is 7.14. The van der Waals surface area contributed by atoms with Gasteiger partial charge in [0.15, 0.2) is 5.13 Å². The zero-order valence-corrected chi connectivity index (χ0v) is 16.5. The molecular weight excluding hydrogens is 368 g/mol. The lowest BCUT2D eigenvalue weighted by Gasteiger charge is -2.10. The summed E-state index contributed by atoms with van der Waals surface area (Å²) < 4.78 is 2.16. The standard InChI is InChI=1S/C22H20N4OS/c1-15-12-18(16(2)26(15)13-17-8-4-3-5-9-17)21(27)25-22-24-20(14-28-22)19-10-6-7-11-23-19/h3-12,14H,13H2,1-2H3,(H,24,25,27). The van der Waals surface area contributed by atoms with Crippen molar-refractivity contribution in [3.05, 3.63) is 88.7 Å². The van der Waals surface area contributed by atoms with Crippen LogP contribution in [0.1, 0.15) is 27.3 Å². The number of hydrogen-bond donors (Lipinski definition) is 1. The predicted octanol–water partition coefficient (Wildman–Crippen LogP) is 4.92. The van der Waals surface area contributed by atoms with E-state index in [0.717, 1.165) is 29.3 Å². The highest BCUT2D eigenvalue weighted by Gasteiger charge is 2.17. The molecule has 1 aromatic carbocycles. The van der Waals surface area contributed by atoms with Crippen LogP contribution in [0, 0.1) is 13.8 Å². The van der Waals surface area contributed by atoms with E-state index in [2.05, 4.69) is 32.0 Å². The topological polar surface area (TPSA) is 59.8 Å². The average molecular weight is 388 g/mol. The lowest BCUT2D eigenvalue weighted by atomic mass is 10.2. The van der Waals surface area contributed by atoms with E-state index < -0.39 is 0 Å². The number of rotatable bonds is 5. The van der Waals surface area contributed by atoms with Crippen molar-refractivity contribution in [3.63, 3.8) is 0 Å². The molecule has 0 radical (unpaired) electrons. The lowest BCUT2D eigenvalue weighted by molar-refractivity contribution is 0.102. The molecule has 4 rings (SSSR count). The van der Waals surface area contributed by atoms with Gasteiger partial charge in [-0.05, 0) is 37.6 Å². The molecule has 3 heterocycles. The van der Waals surface area contributed by atoms with Crippen LogP contribution in [0.5, 0.6) is 0 Å². The van der Waals surface area contributed by atoms with E-state index in [-0.39, 0.29) is 5.91 Å². The van der Waals surface area contributed by atoms with Gasteiger partial charge in [-0.3, -0.25) is 15.1 Å². The second-order valence-electron chi connectivity index (χ2n) is 6.56. The molecule has 6 heteroatoms. The highest BCUT2D eigenvalue weighted by atomic mass is 32.1. The molecular formula is C22H20N4OS. The monoisotopic (exact) mass is 388 g/mol. The van der Waals surface area contributed by atoms with Crippen LogP contribution in [0.2, 0.25) is 0 Å². The summed E-state index contributed by atoms with van der Waals surface area (Å²) in [6.45, 7) is 4.74. The van der Waals surface area contributed by atoms with Crippen molar-refractivity contribution >= 4 is 22.4 Å². The molecule has 0 aliphatic heterocycles. The molecule has 0 unspecified atom stereocenters. The maximum absolute atomic E-state index is 12.8. The zero-order valence-electron chi connectivity index (χ0n) is 15.7. The molecule has 0 bridgehead atoms. The maximum atomic E-state index is 12.8. The number of carbonyl (C=O) groups is 1. The molecule has 0 spiro atoms. The first-order valence-electron chi connectivity index (χ1n) is 9.01. The molecule has 0 aliphatic rings. The van der Waals surface area contributed by atoms with Gasteiger partial charge in [-0.1, -0.05) is 36.4 Å². The van der Waals surface area contributed by atoms with E-state index in [4.69, 9.17) is 0 Å². The van der Waals surface area contributed by atoms with Crippen molar-refractivity contribution < 1.29 is 4.79 Å². The minimum Gasteiger partial charge on any atom is -0.344 e. The van der Waals surface area contributed by atoms with Gasteiger partial charge in [0.2, 0.25) is 0 Å². The van der Waals surface area contributed by atoms with Gasteiger partial charge in [0.05, 0.1) is 11.3 Å².